The number of aryl methyl sites for hydroxylation is 4. The van der Waals surface area contributed by atoms with E-state index in [0.29, 0.717) is 55.2 Å². The Morgan fingerprint density at radius 3 is 2.55 bits per heavy atom. The molecule has 1 aliphatic heterocycles. The predicted molar refractivity (Wildman–Crippen MR) is 155 cm³/mol. The van der Waals surface area contributed by atoms with Gasteiger partial charge in [-0.3, -0.25) is 13.9 Å². The van der Waals surface area contributed by atoms with Crippen molar-refractivity contribution >= 4 is 23.2 Å². The Bertz CT molecular complexity index is 1680. The molecule has 1 aliphatic rings. The van der Waals surface area contributed by atoms with E-state index in [-0.39, 0.29) is 17.9 Å². The molecule has 0 N–H and O–H groups in total. The molecule has 0 bridgehead atoms. The highest BCUT2D eigenvalue weighted by molar-refractivity contribution is 6.99. The van der Waals surface area contributed by atoms with Crippen LogP contribution in [0.5, 0.6) is 11.5 Å². The van der Waals surface area contributed by atoms with E-state index < -0.39 is 0 Å². The highest BCUT2D eigenvalue weighted by Crippen LogP contribution is 2.37. The average Bonchev–Trinajstić information content (AvgIpc) is 3.47. The molecule has 10 heteroatoms. The van der Waals surface area contributed by atoms with Gasteiger partial charge in [0.15, 0.2) is 17.3 Å². The fraction of sp³-hybridized carbons (Fsp3) is 0.367. The lowest BCUT2D eigenvalue weighted by atomic mass is 9.97. The molecule has 0 unspecified atom stereocenters. The van der Waals surface area contributed by atoms with Gasteiger partial charge in [0.1, 0.15) is 11.2 Å². The third-order valence-electron chi connectivity index (χ3n) is 7.16. The van der Waals surface area contributed by atoms with E-state index in [1.165, 1.54) is 6.20 Å². The van der Waals surface area contributed by atoms with Crippen LogP contribution >= 0.6 is 11.7 Å². The van der Waals surface area contributed by atoms with Gasteiger partial charge in [0.05, 0.1) is 43.0 Å². The number of fused-ring (bicyclic) bond motifs is 3. The Kier molecular flexibility index (Phi) is 7.97. The smallest absolute Gasteiger partial charge is 0.330 e. The number of ketones is 1. The minimum absolute atomic E-state index is 0.0813. The van der Waals surface area contributed by atoms with Crippen molar-refractivity contribution in [1.82, 2.24) is 17.9 Å². The lowest BCUT2D eigenvalue weighted by Crippen LogP contribution is -2.42. The summed E-state index contributed by atoms with van der Waals surface area (Å²) in [5, 5.41) is 0. The van der Waals surface area contributed by atoms with E-state index in [1.54, 1.807) is 16.2 Å². The summed E-state index contributed by atoms with van der Waals surface area (Å²) in [4.78, 5) is 31.6. The van der Waals surface area contributed by atoms with Crippen molar-refractivity contribution in [2.45, 2.75) is 60.0 Å². The normalized spacial score (nSPS) is 12.7. The van der Waals surface area contributed by atoms with Gasteiger partial charge < -0.3 is 9.47 Å². The van der Waals surface area contributed by atoms with E-state index >= 15 is 0 Å². The molecule has 3 heterocycles. The zero-order valence-electron chi connectivity index (χ0n) is 23.5. The van der Waals surface area contributed by atoms with E-state index in [0.717, 1.165) is 50.9 Å². The quantitative estimate of drug-likeness (QED) is 0.269. The zero-order valence-corrected chi connectivity index (χ0v) is 24.3. The lowest BCUT2D eigenvalue weighted by Gasteiger charge is -2.25. The van der Waals surface area contributed by atoms with Gasteiger partial charge in [-0.25, -0.2) is 9.79 Å². The van der Waals surface area contributed by atoms with Crippen molar-refractivity contribution in [3.8, 4) is 22.8 Å². The van der Waals surface area contributed by atoms with Crippen LogP contribution in [0.25, 0.3) is 11.3 Å². The number of hydrogen-bond donors (Lipinski definition) is 0. The standard InChI is InChI=1S/C30H33N5O4S/c1-6-39-27-14-21-9-11-34-24(22(21)15-26(27)38-5)16-28(32-29-19(3)12-18(2)13-20(29)4)35(30(34)37)10-7-8-25(36)23-17-31-40-33-23/h12-17H,6-11H2,1-5H3. The summed E-state index contributed by atoms with van der Waals surface area (Å²) in [5.74, 6) is 1.24. The fourth-order valence-electron chi connectivity index (χ4n) is 5.35. The number of ether oxygens (including phenoxy) is 2. The highest BCUT2D eigenvalue weighted by Gasteiger charge is 2.23. The molecule has 4 aromatic rings. The first kappa shape index (κ1) is 27.5. The van der Waals surface area contributed by atoms with Gasteiger partial charge in [-0.15, -0.1) is 0 Å². The van der Waals surface area contributed by atoms with E-state index in [1.807, 2.05) is 39.0 Å². The summed E-state index contributed by atoms with van der Waals surface area (Å²) >= 11 is 1.01. The van der Waals surface area contributed by atoms with Crippen LogP contribution in [0.1, 0.15) is 52.5 Å². The van der Waals surface area contributed by atoms with Crippen LogP contribution in [0.2, 0.25) is 0 Å². The molecule has 40 heavy (non-hydrogen) atoms. The van der Waals surface area contributed by atoms with Crippen LogP contribution in [0.3, 0.4) is 0 Å². The van der Waals surface area contributed by atoms with Crippen LogP contribution in [0.4, 0.5) is 5.69 Å². The second-order valence-corrected chi connectivity index (χ2v) is 10.6. The fourth-order valence-corrected chi connectivity index (χ4v) is 5.78. The van der Waals surface area contributed by atoms with Gasteiger partial charge in [-0.2, -0.15) is 8.75 Å². The largest absolute Gasteiger partial charge is 0.493 e. The topological polar surface area (TPSA) is 101 Å². The second-order valence-electron chi connectivity index (χ2n) is 10.00. The molecule has 0 radical (unpaired) electrons. The molecule has 9 nitrogen and oxygen atoms in total. The first-order valence-corrected chi connectivity index (χ1v) is 14.2. The molecule has 0 saturated carbocycles. The molecule has 2 aromatic carbocycles. The van der Waals surface area contributed by atoms with Crippen LogP contribution in [-0.4, -0.2) is 37.4 Å². The summed E-state index contributed by atoms with van der Waals surface area (Å²) in [5.41, 5.74) is 7.65. The second kappa shape index (κ2) is 11.6. The summed E-state index contributed by atoms with van der Waals surface area (Å²) in [6.45, 7) is 9.48. The van der Waals surface area contributed by atoms with Crippen molar-refractivity contribution < 1.29 is 14.3 Å². The van der Waals surface area contributed by atoms with Crippen molar-refractivity contribution in [2.24, 2.45) is 4.99 Å². The maximum absolute atomic E-state index is 14.0. The molecular weight excluding hydrogens is 526 g/mol. The number of carbonyl (C=O) groups excluding carboxylic acids is 1. The van der Waals surface area contributed by atoms with Gasteiger partial charge in [-0.1, -0.05) is 17.7 Å². The summed E-state index contributed by atoms with van der Waals surface area (Å²) < 4.78 is 22.9. The number of nitrogens with zero attached hydrogens (tertiary/aromatic N) is 5. The van der Waals surface area contributed by atoms with Crippen LogP contribution in [-0.2, 0) is 19.5 Å². The Balaban J connectivity index is 1.64. The molecule has 0 fully saturated rings. The van der Waals surface area contributed by atoms with Gasteiger partial charge in [0.25, 0.3) is 0 Å². The Hall–Kier alpha value is -4.05. The van der Waals surface area contributed by atoms with Crippen molar-refractivity contribution in [2.75, 3.05) is 13.7 Å². The lowest BCUT2D eigenvalue weighted by molar-refractivity contribution is 0.0974. The van der Waals surface area contributed by atoms with Crippen LogP contribution < -0.4 is 20.7 Å². The van der Waals surface area contributed by atoms with E-state index in [2.05, 4.69) is 27.8 Å². The average molecular weight is 560 g/mol. The number of rotatable bonds is 9. The molecule has 2 aromatic heterocycles. The first-order chi connectivity index (χ1) is 19.3. The zero-order chi connectivity index (χ0) is 28.4. The summed E-state index contributed by atoms with van der Waals surface area (Å²) in [7, 11) is 1.62. The summed E-state index contributed by atoms with van der Waals surface area (Å²) in [6.07, 6.45) is 2.92. The van der Waals surface area contributed by atoms with Crippen molar-refractivity contribution in [3.05, 3.63) is 80.4 Å². The first-order valence-electron chi connectivity index (χ1n) is 13.4. The number of aromatic nitrogens is 4. The minimum Gasteiger partial charge on any atom is -0.493 e. The Morgan fingerprint density at radius 2 is 1.88 bits per heavy atom. The maximum atomic E-state index is 14.0. The van der Waals surface area contributed by atoms with Gasteiger partial charge in [0, 0.05) is 31.1 Å². The molecular formula is C30H33N5O4S. The number of hydrogen-bond acceptors (Lipinski definition) is 8. The molecule has 0 atom stereocenters. The van der Waals surface area contributed by atoms with Crippen LogP contribution in [0.15, 0.2) is 46.3 Å². The van der Waals surface area contributed by atoms with Crippen molar-refractivity contribution in [1.29, 1.82) is 0 Å². The van der Waals surface area contributed by atoms with Crippen molar-refractivity contribution in [3.63, 3.8) is 0 Å². The molecule has 5 rings (SSSR count). The SMILES string of the molecule is CCOc1cc2c(cc1OC)-c1cc(=Nc3c(C)cc(C)cc3C)n(CCCC(=O)c3cnsn3)c(=O)n1CC2. The number of benzene rings is 2. The number of methoxy groups -OCH3 is 1. The number of Topliss-reactive ketones (excluding diaryl/α,β-unsaturated/α-hetero) is 1. The molecule has 0 saturated heterocycles. The van der Waals surface area contributed by atoms with Gasteiger partial charge in [-0.05, 0) is 69.4 Å². The summed E-state index contributed by atoms with van der Waals surface area (Å²) in [6, 6.07) is 10.1. The maximum Gasteiger partial charge on any atom is 0.330 e. The third kappa shape index (κ3) is 5.36. The highest BCUT2D eigenvalue weighted by atomic mass is 32.1. The predicted octanol–water partition coefficient (Wildman–Crippen LogP) is 4.95. The third-order valence-corrected chi connectivity index (χ3v) is 7.64. The van der Waals surface area contributed by atoms with Gasteiger partial charge >= 0.3 is 5.69 Å². The molecule has 208 valence electrons. The molecule has 0 amide bonds. The van der Waals surface area contributed by atoms with Crippen LogP contribution in [0, 0.1) is 20.8 Å². The van der Waals surface area contributed by atoms with E-state index in [4.69, 9.17) is 14.5 Å². The minimum atomic E-state index is -0.153. The monoisotopic (exact) mass is 559 g/mol. The molecule has 0 spiro atoms. The number of carbonyl (C=O) groups is 1. The Labute approximate surface area is 237 Å². The van der Waals surface area contributed by atoms with Gasteiger partial charge in [0.2, 0.25) is 0 Å². The molecule has 0 aliphatic carbocycles. The Morgan fingerprint density at radius 1 is 1.10 bits per heavy atom. The van der Waals surface area contributed by atoms with E-state index in [9.17, 15) is 9.59 Å².